The normalized spacial score (nSPS) is 9.42. The SMILES string of the molecule is [N-]=[NH+]c1cc(F)ccc1C(=O)O. The molecule has 0 fully saturated rings. The van der Waals surface area contributed by atoms with Crippen molar-refractivity contribution in [2.75, 3.05) is 0 Å². The van der Waals surface area contributed by atoms with Crippen molar-refractivity contribution in [1.82, 2.24) is 0 Å². The number of halogens is 1. The van der Waals surface area contributed by atoms with Crippen LogP contribution in [-0.4, -0.2) is 11.1 Å². The summed E-state index contributed by atoms with van der Waals surface area (Å²) in [6.07, 6.45) is 0. The Kier molecular flexibility index (Phi) is 2.14. The van der Waals surface area contributed by atoms with Crippen LogP contribution >= 0.6 is 0 Å². The Hall–Kier alpha value is -1.78. The van der Waals surface area contributed by atoms with Gasteiger partial charge in [0.05, 0.1) is 0 Å². The van der Waals surface area contributed by atoms with Gasteiger partial charge in [-0.3, -0.25) is 5.11 Å². The zero-order valence-corrected chi connectivity index (χ0v) is 5.91. The number of carboxylic acid groups (broad SMARTS) is 1. The van der Waals surface area contributed by atoms with E-state index >= 15 is 0 Å². The molecule has 0 heterocycles. The molecule has 5 heteroatoms. The fourth-order valence-corrected chi connectivity index (χ4v) is 0.795. The molecule has 0 spiro atoms. The summed E-state index contributed by atoms with van der Waals surface area (Å²) in [6, 6.07) is 2.96. The quantitative estimate of drug-likeness (QED) is 0.621. The largest absolute Gasteiger partial charge is 0.502 e. The van der Waals surface area contributed by atoms with Crippen LogP contribution in [0.1, 0.15) is 10.4 Å². The van der Waals surface area contributed by atoms with Crippen molar-refractivity contribution < 1.29 is 19.4 Å². The maximum absolute atomic E-state index is 12.5. The smallest absolute Gasteiger partial charge is 0.342 e. The summed E-state index contributed by atoms with van der Waals surface area (Å²) in [6.45, 7) is 0. The molecule has 0 amide bonds. The molecule has 2 N–H and O–H groups in total. The van der Waals surface area contributed by atoms with Crippen LogP contribution < -0.4 is 5.11 Å². The number of aromatic carboxylic acids is 1. The standard InChI is InChI=1S/C7H5FN2O2/c8-4-1-2-5(7(11)12)6(3-4)10-9/h1-3,10H,(H,11,12). The van der Waals surface area contributed by atoms with Gasteiger partial charge in [-0.25, -0.2) is 9.18 Å². The summed E-state index contributed by atoms with van der Waals surface area (Å²) in [5.41, 5.74) is 8.07. The molecule has 0 bridgehead atoms. The molecule has 1 rings (SSSR count). The predicted molar refractivity (Wildman–Crippen MR) is 37.3 cm³/mol. The average molecular weight is 168 g/mol. The maximum Gasteiger partial charge on any atom is 0.342 e. The molecular formula is C7H5FN2O2. The molecular weight excluding hydrogens is 163 g/mol. The highest BCUT2D eigenvalue weighted by Gasteiger charge is 2.12. The van der Waals surface area contributed by atoms with E-state index in [4.69, 9.17) is 10.6 Å². The van der Waals surface area contributed by atoms with Crippen LogP contribution in [0.15, 0.2) is 18.2 Å². The van der Waals surface area contributed by atoms with E-state index in [1.807, 2.05) is 0 Å². The first-order chi connectivity index (χ1) is 5.65. The lowest BCUT2D eigenvalue weighted by Crippen LogP contribution is -2.55. The first kappa shape index (κ1) is 8.32. The van der Waals surface area contributed by atoms with Gasteiger partial charge in [-0.05, 0) is 12.1 Å². The molecule has 12 heavy (non-hydrogen) atoms. The Morgan fingerprint density at radius 3 is 2.75 bits per heavy atom. The Morgan fingerprint density at radius 2 is 2.25 bits per heavy atom. The number of carbonyl (C=O) groups is 1. The van der Waals surface area contributed by atoms with Crippen LogP contribution in [-0.2, 0) is 0 Å². The van der Waals surface area contributed by atoms with Crippen LogP contribution in [0.4, 0.5) is 10.1 Å². The Labute approximate surface area is 67.2 Å². The number of hydrogen-bond acceptors (Lipinski definition) is 1. The van der Waals surface area contributed by atoms with Crippen molar-refractivity contribution in [2.24, 2.45) is 0 Å². The second kappa shape index (κ2) is 3.08. The zero-order chi connectivity index (χ0) is 9.14. The van der Waals surface area contributed by atoms with Gasteiger partial charge in [0.1, 0.15) is 11.4 Å². The molecule has 0 aliphatic heterocycles. The highest BCUT2D eigenvalue weighted by atomic mass is 19.1. The number of nitrogens with one attached hydrogen (secondary N) is 1. The van der Waals surface area contributed by atoms with Gasteiger partial charge in [0.2, 0.25) is 5.69 Å². The molecule has 1 aromatic carbocycles. The lowest BCUT2D eigenvalue weighted by molar-refractivity contribution is -0.380. The third kappa shape index (κ3) is 1.45. The maximum atomic E-state index is 12.5. The first-order valence-electron chi connectivity index (χ1n) is 3.08. The summed E-state index contributed by atoms with van der Waals surface area (Å²) in [5.74, 6) is -1.84. The van der Waals surface area contributed by atoms with E-state index < -0.39 is 11.8 Å². The van der Waals surface area contributed by atoms with Gasteiger partial charge in [0, 0.05) is 6.07 Å². The fourth-order valence-electron chi connectivity index (χ4n) is 0.795. The van der Waals surface area contributed by atoms with Crippen LogP contribution in [0.5, 0.6) is 0 Å². The van der Waals surface area contributed by atoms with Crippen LogP contribution in [0.3, 0.4) is 0 Å². The molecule has 0 aliphatic carbocycles. The van der Waals surface area contributed by atoms with Crippen molar-refractivity contribution in [3.63, 3.8) is 0 Å². The number of carboxylic acids is 1. The fraction of sp³-hybridized carbons (Fsp3) is 0. The summed E-state index contributed by atoms with van der Waals surface area (Å²) in [7, 11) is 0. The van der Waals surface area contributed by atoms with E-state index in [9.17, 15) is 9.18 Å². The highest BCUT2D eigenvalue weighted by Crippen LogP contribution is 2.11. The van der Waals surface area contributed by atoms with Gasteiger partial charge in [-0.1, -0.05) is 0 Å². The molecule has 0 saturated heterocycles. The Bertz CT molecular complexity index is 338. The monoisotopic (exact) mass is 168 g/mol. The second-order valence-corrected chi connectivity index (χ2v) is 2.11. The van der Waals surface area contributed by atoms with Crippen molar-refractivity contribution in [1.29, 1.82) is 0 Å². The van der Waals surface area contributed by atoms with Gasteiger partial charge in [-0.2, -0.15) is 0 Å². The summed E-state index contributed by atoms with van der Waals surface area (Å²) < 4.78 is 12.5. The minimum absolute atomic E-state index is 0.164. The molecule has 1 aromatic rings. The van der Waals surface area contributed by atoms with E-state index in [-0.39, 0.29) is 11.3 Å². The van der Waals surface area contributed by atoms with E-state index in [1.54, 1.807) is 5.11 Å². The lowest BCUT2D eigenvalue weighted by atomic mass is 10.2. The van der Waals surface area contributed by atoms with Crippen molar-refractivity contribution in [3.8, 4) is 0 Å². The number of benzene rings is 1. The number of nitrogens with zero attached hydrogens (tertiary/aromatic N) is 1. The lowest BCUT2D eigenvalue weighted by Gasteiger charge is -1.95. The van der Waals surface area contributed by atoms with Crippen molar-refractivity contribution in [2.45, 2.75) is 0 Å². The van der Waals surface area contributed by atoms with Gasteiger partial charge >= 0.3 is 5.97 Å². The van der Waals surface area contributed by atoms with Gasteiger partial charge < -0.3 is 10.6 Å². The Morgan fingerprint density at radius 1 is 1.58 bits per heavy atom. The third-order valence-corrected chi connectivity index (χ3v) is 1.33. The van der Waals surface area contributed by atoms with E-state index in [2.05, 4.69) is 0 Å². The Balaban J connectivity index is 3.29. The van der Waals surface area contributed by atoms with Crippen molar-refractivity contribution >= 4 is 11.7 Å². The number of hydrogen-bond donors (Lipinski definition) is 2. The van der Waals surface area contributed by atoms with Gasteiger partial charge in [0.25, 0.3) is 0 Å². The second-order valence-electron chi connectivity index (χ2n) is 2.11. The van der Waals surface area contributed by atoms with Crippen LogP contribution in [0, 0.1) is 5.82 Å². The van der Waals surface area contributed by atoms with Gasteiger partial charge in [-0.15, -0.1) is 0 Å². The summed E-state index contributed by atoms with van der Waals surface area (Å²) >= 11 is 0. The molecule has 4 nitrogen and oxygen atoms in total. The van der Waals surface area contributed by atoms with E-state index in [1.165, 1.54) is 0 Å². The molecule has 0 radical (unpaired) electrons. The zero-order valence-electron chi connectivity index (χ0n) is 5.91. The minimum Gasteiger partial charge on any atom is -0.502 e. The van der Waals surface area contributed by atoms with E-state index in [0.29, 0.717) is 0 Å². The molecule has 0 aromatic heterocycles. The number of rotatable bonds is 2. The average Bonchev–Trinajstić information content (AvgIpc) is 2.03. The first-order valence-corrected chi connectivity index (χ1v) is 3.08. The van der Waals surface area contributed by atoms with Crippen LogP contribution in [0.25, 0.3) is 5.53 Å². The van der Waals surface area contributed by atoms with E-state index in [0.717, 1.165) is 18.2 Å². The summed E-state index contributed by atoms with van der Waals surface area (Å²) in [5, 5.41) is 10.1. The molecule has 62 valence electrons. The summed E-state index contributed by atoms with van der Waals surface area (Å²) in [4.78, 5) is 10.4. The molecule has 0 unspecified atom stereocenters. The third-order valence-electron chi connectivity index (χ3n) is 1.33. The predicted octanol–water partition coefficient (Wildman–Crippen LogP) is 0.258. The highest BCUT2D eigenvalue weighted by molar-refractivity contribution is 5.92. The molecule has 0 saturated carbocycles. The van der Waals surface area contributed by atoms with Gasteiger partial charge in [0.15, 0.2) is 0 Å². The minimum atomic E-state index is -1.23. The topological polar surface area (TPSA) is 73.6 Å². The molecule has 0 aliphatic rings. The van der Waals surface area contributed by atoms with Crippen LogP contribution in [0.2, 0.25) is 0 Å². The van der Waals surface area contributed by atoms with Crippen molar-refractivity contribution in [3.05, 3.63) is 35.1 Å². The molecule has 0 atom stereocenters.